The number of rotatable bonds is 4. The van der Waals surface area contributed by atoms with E-state index >= 15 is 0 Å². The van der Waals surface area contributed by atoms with E-state index in [1.54, 1.807) is 6.08 Å². The molecule has 0 radical (unpaired) electrons. The summed E-state index contributed by atoms with van der Waals surface area (Å²) in [4.78, 5) is 13.0. The highest BCUT2D eigenvalue weighted by Crippen LogP contribution is 1.81. The molecule has 0 aliphatic heterocycles. The molecule has 0 saturated carbocycles. The zero-order valence-corrected chi connectivity index (χ0v) is 6.36. The van der Waals surface area contributed by atoms with E-state index in [0.717, 1.165) is 6.42 Å². The molecule has 0 heterocycles. The monoisotopic (exact) mass is 154 g/mol. The summed E-state index contributed by atoms with van der Waals surface area (Å²) < 4.78 is 4.55. The van der Waals surface area contributed by atoms with Gasteiger partial charge in [0.2, 0.25) is 0 Å². The van der Waals surface area contributed by atoms with Crippen molar-refractivity contribution in [1.82, 2.24) is 0 Å². The van der Waals surface area contributed by atoms with Crippen LogP contribution in [0.15, 0.2) is 12.2 Å². The Labute approximate surface area is 65.1 Å². The second-order valence-electron chi connectivity index (χ2n) is 1.75. The minimum Gasteiger partial charge on any atom is -0.453 e. The lowest BCUT2D eigenvalue weighted by Gasteiger charge is -1.90. The number of hydrogen-bond donors (Lipinski definition) is 0. The first-order valence-electron chi connectivity index (χ1n) is 3.30. The molecule has 0 fully saturated rings. The zero-order chi connectivity index (χ0) is 8.53. The van der Waals surface area contributed by atoms with Crippen molar-refractivity contribution >= 4 is 12.2 Å². The standard InChI is InChI=1S/C7H10N2O2/c1-2-3-4-5-11-7(10)6-9-8/h3-4,6H,2,5H2,1H3/b4-3-. The van der Waals surface area contributed by atoms with Crippen LogP contribution in [0.25, 0.3) is 5.53 Å². The van der Waals surface area contributed by atoms with Crippen LogP contribution in [0.1, 0.15) is 13.3 Å². The van der Waals surface area contributed by atoms with Crippen LogP contribution in [0.4, 0.5) is 0 Å². The normalized spacial score (nSPS) is 9.18. The second kappa shape index (κ2) is 6.71. The molecule has 0 aromatic carbocycles. The molecule has 0 unspecified atom stereocenters. The molecule has 0 amide bonds. The maximum atomic E-state index is 10.4. The number of nitrogens with zero attached hydrogens (tertiary/aromatic N) is 2. The molecule has 0 bridgehead atoms. The van der Waals surface area contributed by atoms with E-state index in [2.05, 4.69) is 9.53 Å². The molecule has 4 heteroatoms. The minimum absolute atomic E-state index is 0.221. The molecule has 60 valence electrons. The third-order valence-corrected chi connectivity index (χ3v) is 0.887. The highest BCUT2D eigenvalue weighted by molar-refractivity contribution is 6.20. The quantitative estimate of drug-likeness (QED) is 0.197. The van der Waals surface area contributed by atoms with Crippen molar-refractivity contribution < 1.29 is 14.3 Å². The summed E-state index contributed by atoms with van der Waals surface area (Å²) in [5.74, 6) is -0.645. The van der Waals surface area contributed by atoms with Gasteiger partial charge in [-0.2, -0.15) is 4.79 Å². The Bertz CT molecular complexity index is 193. The number of allylic oxidation sites excluding steroid dienone is 1. The lowest BCUT2D eigenvalue weighted by atomic mass is 10.4. The predicted molar refractivity (Wildman–Crippen MR) is 40.1 cm³/mol. The largest absolute Gasteiger partial charge is 0.453 e. The van der Waals surface area contributed by atoms with Crippen LogP contribution in [0.5, 0.6) is 0 Å². The molecular formula is C7H10N2O2. The van der Waals surface area contributed by atoms with Crippen LogP contribution in [-0.4, -0.2) is 23.6 Å². The van der Waals surface area contributed by atoms with Crippen LogP contribution >= 0.6 is 0 Å². The van der Waals surface area contributed by atoms with Gasteiger partial charge < -0.3 is 10.3 Å². The Morgan fingerprint density at radius 3 is 2.91 bits per heavy atom. The Kier molecular flexibility index (Phi) is 5.85. The summed E-state index contributed by atoms with van der Waals surface area (Å²) in [6, 6.07) is 0. The van der Waals surface area contributed by atoms with E-state index in [9.17, 15) is 4.79 Å². The Hall–Kier alpha value is -1.41. The summed E-state index contributed by atoms with van der Waals surface area (Å²) in [5, 5.41) is 0. The molecule has 0 aromatic heterocycles. The van der Waals surface area contributed by atoms with Crippen molar-refractivity contribution in [2.24, 2.45) is 0 Å². The number of carbonyl (C=O) groups is 1. The van der Waals surface area contributed by atoms with Gasteiger partial charge in [0.25, 0.3) is 0 Å². The van der Waals surface area contributed by atoms with Crippen LogP contribution in [0.2, 0.25) is 0 Å². The maximum absolute atomic E-state index is 10.4. The van der Waals surface area contributed by atoms with Gasteiger partial charge in [-0.25, -0.2) is 4.79 Å². The number of hydrogen-bond acceptors (Lipinski definition) is 2. The van der Waals surface area contributed by atoms with Gasteiger partial charge in [-0.3, -0.25) is 0 Å². The highest BCUT2D eigenvalue weighted by Gasteiger charge is 1.98. The van der Waals surface area contributed by atoms with Crippen LogP contribution in [-0.2, 0) is 9.53 Å². The van der Waals surface area contributed by atoms with E-state index in [1.807, 2.05) is 13.0 Å². The first-order valence-corrected chi connectivity index (χ1v) is 3.30. The smallest absolute Gasteiger partial charge is 0.413 e. The number of carbonyl (C=O) groups excluding carboxylic acids is 1. The fourth-order valence-corrected chi connectivity index (χ4v) is 0.449. The molecule has 0 saturated heterocycles. The topological polar surface area (TPSA) is 62.7 Å². The molecule has 0 rings (SSSR count). The molecule has 0 N–H and O–H groups in total. The van der Waals surface area contributed by atoms with Crippen LogP contribution in [0, 0.1) is 0 Å². The first-order chi connectivity index (χ1) is 5.31. The summed E-state index contributed by atoms with van der Waals surface area (Å²) in [6.07, 6.45) is 5.22. The van der Waals surface area contributed by atoms with Gasteiger partial charge in [0.05, 0.1) is 0 Å². The molecule has 0 spiro atoms. The van der Waals surface area contributed by atoms with Gasteiger partial charge in [-0.1, -0.05) is 19.1 Å². The van der Waals surface area contributed by atoms with Crippen LogP contribution in [0.3, 0.4) is 0 Å². The van der Waals surface area contributed by atoms with Crippen LogP contribution < -0.4 is 0 Å². The van der Waals surface area contributed by atoms with Crippen molar-refractivity contribution in [3.8, 4) is 0 Å². The third kappa shape index (κ3) is 6.48. The van der Waals surface area contributed by atoms with E-state index in [4.69, 9.17) is 5.53 Å². The summed E-state index contributed by atoms with van der Waals surface area (Å²) in [5.41, 5.74) is 7.89. The summed E-state index contributed by atoms with van der Waals surface area (Å²) in [6.45, 7) is 2.20. The second-order valence-corrected chi connectivity index (χ2v) is 1.75. The zero-order valence-electron chi connectivity index (χ0n) is 6.36. The van der Waals surface area contributed by atoms with Crippen molar-refractivity contribution in [3.63, 3.8) is 0 Å². The van der Waals surface area contributed by atoms with E-state index in [-0.39, 0.29) is 6.61 Å². The van der Waals surface area contributed by atoms with Gasteiger partial charge in [0.1, 0.15) is 6.61 Å². The number of esters is 1. The van der Waals surface area contributed by atoms with Gasteiger partial charge in [0.15, 0.2) is 0 Å². The lowest BCUT2D eigenvalue weighted by molar-refractivity contribution is -0.137. The Morgan fingerprint density at radius 2 is 2.36 bits per heavy atom. The Balaban J connectivity index is 3.46. The van der Waals surface area contributed by atoms with Crippen molar-refractivity contribution in [3.05, 3.63) is 17.7 Å². The molecular weight excluding hydrogens is 144 g/mol. The molecule has 0 aliphatic rings. The minimum atomic E-state index is -0.645. The molecule has 0 aliphatic carbocycles. The van der Waals surface area contributed by atoms with Gasteiger partial charge >= 0.3 is 12.2 Å². The molecule has 0 aromatic rings. The van der Waals surface area contributed by atoms with Crippen molar-refractivity contribution in [1.29, 1.82) is 0 Å². The summed E-state index contributed by atoms with van der Waals surface area (Å²) in [7, 11) is 0. The van der Waals surface area contributed by atoms with Crippen molar-refractivity contribution in [2.75, 3.05) is 6.61 Å². The fraction of sp³-hybridized carbons (Fsp3) is 0.429. The van der Waals surface area contributed by atoms with E-state index < -0.39 is 5.97 Å². The molecule has 4 nitrogen and oxygen atoms in total. The van der Waals surface area contributed by atoms with Crippen molar-refractivity contribution in [2.45, 2.75) is 13.3 Å². The van der Waals surface area contributed by atoms with Gasteiger partial charge in [-0.05, 0) is 6.42 Å². The van der Waals surface area contributed by atoms with Gasteiger partial charge in [-0.15, -0.1) is 0 Å². The third-order valence-electron chi connectivity index (χ3n) is 0.887. The average molecular weight is 154 g/mol. The van der Waals surface area contributed by atoms with E-state index in [1.165, 1.54) is 0 Å². The molecule has 11 heavy (non-hydrogen) atoms. The maximum Gasteiger partial charge on any atom is 0.413 e. The molecule has 0 atom stereocenters. The SMILES string of the molecule is CC/C=C\COC(=O)C=[N+]=[N-]. The first kappa shape index (κ1) is 9.59. The Morgan fingerprint density at radius 1 is 1.64 bits per heavy atom. The lowest BCUT2D eigenvalue weighted by Crippen LogP contribution is -2.05. The average Bonchev–Trinajstić information content (AvgIpc) is 1.99. The van der Waals surface area contributed by atoms with Gasteiger partial charge in [0, 0.05) is 0 Å². The predicted octanol–water partition coefficient (Wildman–Crippen LogP) is 0.796. The summed E-state index contributed by atoms with van der Waals surface area (Å²) >= 11 is 0. The van der Waals surface area contributed by atoms with E-state index in [0.29, 0.717) is 6.21 Å². The fourth-order valence-electron chi connectivity index (χ4n) is 0.449. The number of ether oxygens (including phenoxy) is 1. The highest BCUT2D eigenvalue weighted by atomic mass is 16.5.